The Labute approximate surface area is 120 Å². The molecule has 0 aromatic carbocycles. The smallest absolute Gasteiger partial charge is 0.318 e. The Hall–Kier alpha value is -1.30. The molecule has 0 unspecified atom stereocenters. The molecule has 10 heteroatoms. The second-order valence-corrected chi connectivity index (χ2v) is 4.31. The Morgan fingerprint density at radius 2 is 1.05 bits per heavy atom. The zero-order chi connectivity index (χ0) is 17.1. The van der Waals surface area contributed by atoms with Crippen LogP contribution in [0.5, 0.6) is 0 Å². The van der Waals surface area contributed by atoms with Crippen molar-refractivity contribution >= 4 is 11.9 Å². The highest BCUT2D eigenvalue weighted by molar-refractivity contribution is 5.77. The third-order valence-corrected chi connectivity index (χ3v) is 2.89. The molecule has 0 aliphatic heterocycles. The van der Waals surface area contributed by atoms with Gasteiger partial charge in [0, 0.05) is 0 Å². The first-order valence-corrected chi connectivity index (χ1v) is 5.76. The zero-order valence-corrected chi connectivity index (χ0v) is 11.6. The first-order chi connectivity index (χ1) is 9.79. The molecule has 0 saturated carbocycles. The standard InChI is InChI=1S/C6H12O5.C5H10O5/c1-11-5(10)6(2-7,3-8)4-9;6-1-5(2-7,3-8)4(9)10/h7-9H,2-4H2,1H3;6-8H,1-3H2,(H,9,10). The molecule has 0 aromatic heterocycles. The molecule has 0 aliphatic rings. The Morgan fingerprint density at radius 3 is 1.10 bits per heavy atom. The van der Waals surface area contributed by atoms with Gasteiger partial charge in [0.05, 0.1) is 46.8 Å². The number of aliphatic carboxylic acids is 1. The molecule has 0 rings (SSSR count). The molecule has 126 valence electrons. The molecule has 10 nitrogen and oxygen atoms in total. The minimum absolute atomic E-state index is 0.632. The van der Waals surface area contributed by atoms with Crippen molar-refractivity contribution in [2.45, 2.75) is 0 Å². The van der Waals surface area contributed by atoms with E-state index < -0.39 is 62.4 Å². The van der Waals surface area contributed by atoms with Crippen LogP contribution >= 0.6 is 0 Å². The number of carboxylic acids is 1. The molecule has 0 heterocycles. The zero-order valence-electron chi connectivity index (χ0n) is 11.6. The molecule has 7 N–H and O–H groups in total. The molecular formula is C11H22O10. The van der Waals surface area contributed by atoms with E-state index in [2.05, 4.69) is 4.74 Å². The number of carbonyl (C=O) groups is 2. The topological polar surface area (TPSA) is 185 Å². The lowest BCUT2D eigenvalue weighted by molar-refractivity contribution is -0.162. The number of hydrogen-bond donors (Lipinski definition) is 7. The predicted molar refractivity (Wildman–Crippen MR) is 67.0 cm³/mol. The fraction of sp³-hybridized carbons (Fsp3) is 0.818. The van der Waals surface area contributed by atoms with Gasteiger partial charge in [0.1, 0.15) is 10.8 Å². The third-order valence-electron chi connectivity index (χ3n) is 2.89. The minimum Gasteiger partial charge on any atom is -0.481 e. The van der Waals surface area contributed by atoms with Crippen LogP contribution in [0, 0.1) is 10.8 Å². The van der Waals surface area contributed by atoms with E-state index in [0.29, 0.717) is 0 Å². The average molecular weight is 314 g/mol. The van der Waals surface area contributed by atoms with Crippen LogP contribution in [0.3, 0.4) is 0 Å². The number of carbonyl (C=O) groups excluding carboxylic acids is 1. The molecular weight excluding hydrogens is 292 g/mol. The van der Waals surface area contributed by atoms with E-state index in [4.69, 9.17) is 35.7 Å². The Kier molecular flexibility index (Phi) is 10.9. The third kappa shape index (κ3) is 5.53. The Balaban J connectivity index is 0. The average Bonchev–Trinajstić information content (AvgIpc) is 2.52. The first kappa shape index (κ1) is 22.0. The number of hydrogen-bond acceptors (Lipinski definition) is 9. The summed E-state index contributed by atoms with van der Waals surface area (Å²) in [5.74, 6) is -2.22. The van der Waals surface area contributed by atoms with Gasteiger partial charge in [-0.15, -0.1) is 0 Å². The number of esters is 1. The summed E-state index contributed by atoms with van der Waals surface area (Å²) in [6, 6.07) is 0. The van der Waals surface area contributed by atoms with Crippen LogP contribution in [0.1, 0.15) is 0 Å². The van der Waals surface area contributed by atoms with Crippen molar-refractivity contribution in [3.8, 4) is 0 Å². The van der Waals surface area contributed by atoms with Crippen molar-refractivity contribution in [3.63, 3.8) is 0 Å². The molecule has 0 spiro atoms. The van der Waals surface area contributed by atoms with E-state index >= 15 is 0 Å². The molecule has 0 amide bonds. The summed E-state index contributed by atoms with van der Waals surface area (Å²) in [6.07, 6.45) is 0. The molecule has 21 heavy (non-hydrogen) atoms. The van der Waals surface area contributed by atoms with Crippen molar-refractivity contribution in [1.82, 2.24) is 0 Å². The Bertz CT molecular complexity index is 292. The quantitative estimate of drug-likeness (QED) is 0.219. The molecule has 0 fully saturated rings. The van der Waals surface area contributed by atoms with Gasteiger partial charge >= 0.3 is 11.9 Å². The van der Waals surface area contributed by atoms with Gasteiger partial charge < -0.3 is 40.5 Å². The second-order valence-electron chi connectivity index (χ2n) is 4.31. The van der Waals surface area contributed by atoms with Gasteiger partial charge in [-0.2, -0.15) is 0 Å². The molecule has 0 saturated heterocycles. The minimum atomic E-state index is -1.79. The highest BCUT2D eigenvalue weighted by Gasteiger charge is 2.38. The molecule has 0 aromatic rings. The number of rotatable bonds is 8. The van der Waals surface area contributed by atoms with Crippen LogP contribution < -0.4 is 0 Å². The van der Waals surface area contributed by atoms with Gasteiger partial charge in [-0.05, 0) is 0 Å². The maximum absolute atomic E-state index is 10.8. The SMILES string of the molecule is COC(=O)C(CO)(CO)CO.O=C(O)C(CO)(CO)CO. The Morgan fingerprint density at radius 1 is 0.762 bits per heavy atom. The van der Waals surface area contributed by atoms with E-state index in [0.717, 1.165) is 7.11 Å². The van der Waals surface area contributed by atoms with Gasteiger partial charge in [-0.3, -0.25) is 9.59 Å². The molecule has 0 bridgehead atoms. The summed E-state index contributed by atoms with van der Waals surface area (Å²) in [7, 11) is 1.12. The lowest BCUT2D eigenvalue weighted by Crippen LogP contribution is -2.42. The number of ether oxygens (including phenoxy) is 1. The largest absolute Gasteiger partial charge is 0.481 e. The van der Waals surface area contributed by atoms with Gasteiger partial charge in [0.15, 0.2) is 0 Å². The van der Waals surface area contributed by atoms with Crippen molar-refractivity contribution in [2.75, 3.05) is 46.8 Å². The number of aliphatic hydroxyl groups is 6. The lowest BCUT2D eigenvalue weighted by atomic mass is 9.92. The van der Waals surface area contributed by atoms with Crippen LogP contribution in [0.4, 0.5) is 0 Å². The second kappa shape index (κ2) is 10.4. The maximum Gasteiger partial charge on any atom is 0.318 e. The molecule has 0 atom stereocenters. The van der Waals surface area contributed by atoms with E-state index in [1.165, 1.54) is 0 Å². The first-order valence-electron chi connectivity index (χ1n) is 5.76. The summed E-state index contributed by atoms with van der Waals surface area (Å²) in [4.78, 5) is 21.1. The van der Waals surface area contributed by atoms with Gasteiger partial charge in [0.2, 0.25) is 0 Å². The van der Waals surface area contributed by atoms with E-state index in [9.17, 15) is 9.59 Å². The normalized spacial score (nSPS) is 11.4. The van der Waals surface area contributed by atoms with E-state index in [1.807, 2.05) is 0 Å². The van der Waals surface area contributed by atoms with Crippen molar-refractivity contribution < 1.29 is 50.1 Å². The van der Waals surface area contributed by atoms with Crippen LogP contribution in [-0.4, -0.2) is 94.4 Å². The summed E-state index contributed by atoms with van der Waals surface area (Å²) < 4.78 is 4.27. The lowest BCUT2D eigenvalue weighted by Gasteiger charge is -2.23. The van der Waals surface area contributed by atoms with Gasteiger partial charge in [-0.25, -0.2) is 0 Å². The predicted octanol–water partition coefficient (Wildman–Crippen LogP) is -3.84. The fourth-order valence-corrected chi connectivity index (χ4v) is 0.913. The number of aliphatic hydroxyl groups excluding tert-OH is 6. The van der Waals surface area contributed by atoms with E-state index in [-0.39, 0.29) is 0 Å². The van der Waals surface area contributed by atoms with Crippen LogP contribution in [0.15, 0.2) is 0 Å². The molecule has 0 radical (unpaired) electrons. The van der Waals surface area contributed by atoms with Crippen LogP contribution in [-0.2, 0) is 14.3 Å². The number of carboxylic acid groups (broad SMARTS) is 1. The van der Waals surface area contributed by atoms with E-state index in [1.54, 1.807) is 0 Å². The van der Waals surface area contributed by atoms with Crippen molar-refractivity contribution in [1.29, 1.82) is 0 Å². The van der Waals surface area contributed by atoms with Crippen molar-refractivity contribution in [2.24, 2.45) is 10.8 Å². The monoisotopic (exact) mass is 314 g/mol. The summed E-state index contributed by atoms with van der Waals surface area (Å²) in [5.41, 5.74) is -3.35. The number of methoxy groups -OCH3 is 1. The summed E-state index contributed by atoms with van der Waals surface area (Å²) >= 11 is 0. The maximum atomic E-state index is 10.8. The van der Waals surface area contributed by atoms with Gasteiger partial charge in [0.25, 0.3) is 0 Å². The van der Waals surface area contributed by atoms with Gasteiger partial charge in [-0.1, -0.05) is 0 Å². The van der Waals surface area contributed by atoms with Crippen molar-refractivity contribution in [3.05, 3.63) is 0 Å². The summed E-state index contributed by atoms with van der Waals surface area (Å²) in [6.45, 7) is -4.20. The fourth-order valence-electron chi connectivity index (χ4n) is 0.913. The summed E-state index contributed by atoms with van der Waals surface area (Å²) in [5, 5.41) is 59.7. The van der Waals surface area contributed by atoms with Crippen LogP contribution in [0.2, 0.25) is 0 Å². The van der Waals surface area contributed by atoms with Crippen LogP contribution in [0.25, 0.3) is 0 Å². The highest BCUT2D eigenvalue weighted by Crippen LogP contribution is 2.16. The molecule has 0 aliphatic carbocycles. The highest BCUT2D eigenvalue weighted by atomic mass is 16.5.